The van der Waals surface area contributed by atoms with Gasteiger partial charge in [-0.25, -0.2) is 9.97 Å². The second-order valence-corrected chi connectivity index (χ2v) is 6.41. The topological polar surface area (TPSA) is 39.9 Å². The highest BCUT2D eigenvalue weighted by Crippen LogP contribution is 2.35. The van der Waals surface area contributed by atoms with E-state index in [9.17, 15) is 0 Å². The number of hydrogen-bond acceptors (Lipinski definition) is 3. The molecule has 20 heavy (non-hydrogen) atoms. The predicted molar refractivity (Wildman–Crippen MR) is 80.1 cm³/mol. The third-order valence-corrected chi connectivity index (χ3v) is 4.13. The van der Waals surface area contributed by atoms with Crippen molar-refractivity contribution < 1.29 is 4.74 Å². The molecular weight excluding hydrogens is 274 g/mol. The summed E-state index contributed by atoms with van der Waals surface area (Å²) in [6, 6.07) is 2.42. The van der Waals surface area contributed by atoms with Gasteiger partial charge in [0.15, 0.2) is 5.65 Å². The molecule has 0 amide bonds. The molecule has 1 atom stereocenters. The molecule has 0 aromatic carbocycles. The third-order valence-electron chi connectivity index (χ3n) is 3.90. The zero-order valence-electron chi connectivity index (χ0n) is 12.2. The zero-order chi connectivity index (χ0) is 14.3. The van der Waals surface area contributed by atoms with Gasteiger partial charge in [0.05, 0.1) is 11.5 Å². The number of aryl methyl sites for hydroxylation is 1. The van der Waals surface area contributed by atoms with Gasteiger partial charge in [-0.15, -0.1) is 11.6 Å². The van der Waals surface area contributed by atoms with Crippen LogP contribution in [0.15, 0.2) is 12.3 Å². The molecule has 0 spiro atoms. The molecule has 3 rings (SSSR count). The minimum absolute atomic E-state index is 0.103. The molecule has 108 valence electrons. The Morgan fingerprint density at radius 2 is 2.30 bits per heavy atom. The number of imidazole rings is 1. The number of aromatic nitrogens is 3. The SMILES string of the molecule is Cc1cnc2c(c1)nc(CCl)n2C1CCOC(C)(C)C1. The summed E-state index contributed by atoms with van der Waals surface area (Å²) in [7, 11) is 0. The summed E-state index contributed by atoms with van der Waals surface area (Å²) >= 11 is 6.09. The van der Waals surface area contributed by atoms with Crippen LogP contribution in [0.5, 0.6) is 0 Å². The largest absolute Gasteiger partial charge is 0.375 e. The van der Waals surface area contributed by atoms with E-state index >= 15 is 0 Å². The number of ether oxygens (including phenoxy) is 1. The maximum atomic E-state index is 6.09. The van der Waals surface area contributed by atoms with E-state index in [1.165, 1.54) is 0 Å². The summed E-state index contributed by atoms with van der Waals surface area (Å²) in [6.07, 6.45) is 3.83. The van der Waals surface area contributed by atoms with Crippen molar-refractivity contribution >= 4 is 22.8 Å². The van der Waals surface area contributed by atoms with E-state index in [-0.39, 0.29) is 5.60 Å². The first-order valence-corrected chi connectivity index (χ1v) is 7.57. The van der Waals surface area contributed by atoms with Crippen LogP contribution in [-0.4, -0.2) is 26.7 Å². The van der Waals surface area contributed by atoms with Gasteiger partial charge in [-0.3, -0.25) is 0 Å². The second kappa shape index (κ2) is 5.01. The molecule has 1 fully saturated rings. The van der Waals surface area contributed by atoms with Crippen molar-refractivity contribution in [2.75, 3.05) is 6.61 Å². The Bertz CT molecular complexity index is 635. The standard InChI is InChI=1S/C15H20ClN3O/c1-10-6-12-14(17-9-10)19(13(8-16)18-12)11-4-5-20-15(2,3)7-11/h6,9,11H,4-5,7-8H2,1-3H3. The van der Waals surface area contributed by atoms with Gasteiger partial charge in [-0.05, 0) is 45.2 Å². The van der Waals surface area contributed by atoms with Crippen LogP contribution in [0.25, 0.3) is 11.2 Å². The first-order chi connectivity index (χ1) is 9.50. The van der Waals surface area contributed by atoms with Crippen LogP contribution in [0.4, 0.5) is 0 Å². The molecule has 5 heteroatoms. The fourth-order valence-corrected chi connectivity index (χ4v) is 3.22. The smallest absolute Gasteiger partial charge is 0.160 e. The van der Waals surface area contributed by atoms with E-state index in [1.807, 2.05) is 13.1 Å². The number of alkyl halides is 1. The minimum atomic E-state index is -0.103. The lowest BCUT2D eigenvalue weighted by atomic mass is 9.93. The average molecular weight is 294 g/mol. The second-order valence-electron chi connectivity index (χ2n) is 6.14. The molecule has 1 aliphatic heterocycles. The summed E-state index contributed by atoms with van der Waals surface area (Å²) in [4.78, 5) is 9.22. The van der Waals surface area contributed by atoms with Crippen LogP contribution in [0.2, 0.25) is 0 Å². The van der Waals surface area contributed by atoms with Crippen molar-refractivity contribution in [3.05, 3.63) is 23.7 Å². The fourth-order valence-electron chi connectivity index (χ4n) is 3.03. The molecule has 1 saturated heterocycles. The highest BCUT2D eigenvalue weighted by Gasteiger charge is 2.32. The molecule has 2 aromatic heterocycles. The van der Waals surface area contributed by atoms with Crippen LogP contribution in [0.3, 0.4) is 0 Å². The summed E-state index contributed by atoms with van der Waals surface area (Å²) in [6.45, 7) is 7.07. The van der Waals surface area contributed by atoms with Crippen molar-refractivity contribution in [2.24, 2.45) is 0 Å². The van der Waals surface area contributed by atoms with Crippen LogP contribution in [0.1, 0.15) is 44.1 Å². The number of rotatable bonds is 2. The summed E-state index contributed by atoms with van der Waals surface area (Å²) < 4.78 is 8.03. The lowest BCUT2D eigenvalue weighted by Gasteiger charge is -2.36. The molecule has 0 radical (unpaired) electrons. The maximum absolute atomic E-state index is 6.09. The first kappa shape index (κ1) is 13.8. The van der Waals surface area contributed by atoms with Gasteiger partial charge in [-0.2, -0.15) is 0 Å². The molecular formula is C15H20ClN3O. The molecule has 3 heterocycles. The lowest BCUT2D eigenvalue weighted by Crippen LogP contribution is -2.35. The summed E-state index contributed by atoms with van der Waals surface area (Å²) in [5, 5.41) is 0. The van der Waals surface area contributed by atoms with Gasteiger partial charge in [0.1, 0.15) is 11.3 Å². The quantitative estimate of drug-likeness (QED) is 0.794. The van der Waals surface area contributed by atoms with Crippen LogP contribution in [-0.2, 0) is 10.6 Å². The van der Waals surface area contributed by atoms with Gasteiger partial charge in [0.25, 0.3) is 0 Å². The van der Waals surface area contributed by atoms with Crippen molar-refractivity contribution in [3.8, 4) is 0 Å². The van der Waals surface area contributed by atoms with Gasteiger partial charge >= 0.3 is 0 Å². The lowest BCUT2D eigenvalue weighted by molar-refractivity contribution is -0.0688. The monoisotopic (exact) mass is 293 g/mol. The molecule has 0 bridgehead atoms. The number of nitrogens with zero attached hydrogens (tertiary/aromatic N) is 3. The van der Waals surface area contributed by atoms with Crippen molar-refractivity contribution in [1.29, 1.82) is 0 Å². The highest BCUT2D eigenvalue weighted by atomic mass is 35.5. The van der Waals surface area contributed by atoms with E-state index in [2.05, 4.69) is 34.4 Å². The van der Waals surface area contributed by atoms with E-state index < -0.39 is 0 Å². The average Bonchev–Trinajstić information content (AvgIpc) is 2.74. The first-order valence-electron chi connectivity index (χ1n) is 7.03. The number of halogens is 1. The fraction of sp³-hybridized carbons (Fsp3) is 0.600. The van der Waals surface area contributed by atoms with Gasteiger partial charge in [-0.1, -0.05) is 0 Å². The van der Waals surface area contributed by atoms with E-state index in [0.717, 1.165) is 42.0 Å². The predicted octanol–water partition coefficient (Wildman–Crippen LogP) is 3.61. The summed E-state index contributed by atoms with van der Waals surface area (Å²) in [5.41, 5.74) is 2.89. The minimum Gasteiger partial charge on any atom is -0.375 e. The van der Waals surface area contributed by atoms with E-state index in [4.69, 9.17) is 16.3 Å². The Hall–Kier alpha value is -1.13. The van der Waals surface area contributed by atoms with Crippen LogP contribution < -0.4 is 0 Å². The van der Waals surface area contributed by atoms with Crippen LogP contribution in [0, 0.1) is 6.92 Å². The molecule has 4 nitrogen and oxygen atoms in total. The Morgan fingerprint density at radius 1 is 1.50 bits per heavy atom. The van der Waals surface area contributed by atoms with Gasteiger partial charge < -0.3 is 9.30 Å². The van der Waals surface area contributed by atoms with Crippen molar-refractivity contribution in [2.45, 2.75) is 51.1 Å². The Labute approximate surface area is 124 Å². The molecule has 0 N–H and O–H groups in total. The van der Waals surface area contributed by atoms with Crippen molar-refractivity contribution in [1.82, 2.24) is 14.5 Å². The molecule has 2 aromatic rings. The molecule has 0 aliphatic carbocycles. The Balaban J connectivity index is 2.09. The normalized spacial score (nSPS) is 22.3. The Morgan fingerprint density at radius 3 is 3.00 bits per heavy atom. The van der Waals surface area contributed by atoms with Gasteiger partial charge in [0.2, 0.25) is 0 Å². The van der Waals surface area contributed by atoms with E-state index in [0.29, 0.717) is 11.9 Å². The third kappa shape index (κ3) is 2.42. The van der Waals surface area contributed by atoms with Crippen molar-refractivity contribution in [3.63, 3.8) is 0 Å². The number of hydrogen-bond donors (Lipinski definition) is 0. The molecule has 1 unspecified atom stereocenters. The Kier molecular flexibility index (Phi) is 3.46. The zero-order valence-corrected chi connectivity index (χ0v) is 12.9. The molecule has 1 aliphatic rings. The van der Waals surface area contributed by atoms with Gasteiger partial charge in [0, 0.05) is 18.8 Å². The highest BCUT2D eigenvalue weighted by molar-refractivity contribution is 6.16. The maximum Gasteiger partial charge on any atom is 0.160 e. The van der Waals surface area contributed by atoms with E-state index in [1.54, 1.807) is 0 Å². The molecule has 0 saturated carbocycles. The number of pyridine rings is 1. The summed E-state index contributed by atoms with van der Waals surface area (Å²) in [5.74, 6) is 1.31. The van der Waals surface area contributed by atoms with Crippen LogP contribution >= 0.6 is 11.6 Å². The number of fused-ring (bicyclic) bond motifs is 1.